The van der Waals surface area contributed by atoms with Gasteiger partial charge in [0.05, 0.1) is 11.0 Å². The number of hydrogen-bond donors (Lipinski definition) is 1. The van der Waals surface area contributed by atoms with E-state index in [1.807, 2.05) is 46.8 Å². The molecular formula is C22H23N5O. The average molecular weight is 373 g/mol. The van der Waals surface area contributed by atoms with Crippen molar-refractivity contribution >= 4 is 22.6 Å². The van der Waals surface area contributed by atoms with Crippen molar-refractivity contribution < 1.29 is 4.79 Å². The molecule has 3 aromatic heterocycles. The summed E-state index contributed by atoms with van der Waals surface area (Å²) in [5, 5.41) is 0. The first-order valence-corrected chi connectivity index (χ1v) is 9.78. The van der Waals surface area contributed by atoms with Crippen molar-refractivity contribution in [3.05, 3.63) is 65.4 Å². The van der Waals surface area contributed by atoms with E-state index < -0.39 is 0 Å². The topological polar surface area (TPSA) is 66.3 Å². The third-order valence-electron chi connectivity index (χ3n) is 5.65. The number of nitrogens with one attached hydrogen (secondary N) is 1. The minimum absolute atomic E-state index is 0.00153. The molecule has 1 aliphatic rings. The summed E-state index contributed by atoms with van der Waals surface area (Å²) in [5.41, 5.74) is 5.71. The second-order valence-electron chi connectivity index (χ2n) is 7.78. The fraction of sp³-hybridized carbons (Fsp3) is 0.318. The molecule has 4 aromatic rings. The first-order valence-electron chi connectivity index (χ1n) is 9.78. The highest BCUT2D eigenvalue weighted by atomic mass is 16.2. The summed E-state index contributed by atoms with van der Waals surface area (Å²) < 4.78 is 1.92. The summed E-state index contributed by atoms with van der Waals surface area (Å²) in [6.45, 7) is 5.55. The van der Waals surface area contributed by atoms with Gasteiger partial charge in [0.25, 0.3) is 5.91 Å². The molecule has 1 aliphatic heterocycles. The number of benzene rings is 1. The van der Waals surface area contributed by atoms with E-state index in [0.717, 1.165) is 47.5 Å². The second kappa shape index (κ2) is 6.48. The van der Waals surface area contributed by atoms with E-state index in [1.54, 1.807) is 0 Å². The fourth-order valence-corrected chi connectivity index (χ4v) is 4.14. The minimum Gasteiger partial charge on any atom is -0.342 e. The number of H-pyrrole nitrogens is 1. The van der Waals surface area contributed by atoms with E-state index in [2.05, 4.69) is 29.0 Å². The SMILES string of the molecule is Cc1ccc2nc(C(=O)N3CCC[C@@H](c4nc5c(C)cccc5[nH]4)C3)cn2c1. The molecule has 1 fully saturated rings. The van der Waals surface area contributed by atoms with E-state index in [4.69, 9.17) is 4.98 Å². The van der Waals surface area contributed by atoms with Crippen molar-refractivity contribution in [3.8, 4) is 0 Å². The summed E-state index contributed by atoms with van der Waals surface area (Å²) in [6.07, 6.45) is 5.83. The molecule has 6 nitrogen and oxygen atoms in total. The molecule has 5 rings (SSSR count). The lowest BCUT2D eigenvalue weighted by Gasteiger charge is -2.31. The molecule has 0 saturated carbocycles. The third-order valence-corrected chi connectivity index (χ3v) is 5.65. The van der Waals surface area contributed by atoms with E-state index in [0.29, 0.717) is 12.2 Å². The van der Waals surface area contributed by atoms with Crippen LogP contribution in [0.25, 0.3) is 16.7 Å². The Kier molecular flexibility index (Phi) is 3.93. The van der Waals surface area contributed by atoms with Crippen molar-refractivity contribution in [2.75, 3.05) is 13.1 Å². The number of aryl methyl sites for hydroxylation is 2. The molecule has 1 N–H and O–H groups in total. The number of piperidine rings is 1. The van der Waals surface area contributed by atoms with Crippen molar-refractivity contribution in [2.45, 2.75) is 32.6 Å². The molecule has 0 unspecified atom stereocenters. The largest absolute Gasteiger partial charge is 0.342 e. The first kappa shape index (κ1) is 17.0. The van der Waals surface area contributed by atoms with Crippen LogP contribution in [0.5, 0.6) is 0 Å². The van der Waals surface area contributed by atoms with Crippen LogP contribution >= 0.6 is 0 Å². The maximum Gasteiger partial charge on any atom is 0.274 e. The van der Waals surface area contributed by atoms with Crippen molar-refractivity contribution in [3.63, 3.8) is 0 Å². The van der Waals surface area contributed by atoms with Gasteiger partial charge in [-0.2, -0.15) is 0 Å². The minimum atomic E-state index is -0.00153. The van der Waals surface area contributed by atoms with Crippen molar-refractivity contribution in [1.82, 2.24) is 24.3 Å². The predicted molar refractivity (Wildman–Crippen MR) is 109 cm³/mol. The Bertz CT molecular complexity index is 1190. The van der Waals surface area contributed by atoms with Crippen molar-refractivity contribution in [2.24, 2.45) is 0 Å². The lowest BCUT2D eigenvalue weighted by molar-refractivity contribution is 0.0699. The summed E-state index contributed by atoms with van der Waals surface area (Å²) >= 11 is 0. The zero-order valence-corrected chi connectivity index (χ0v) is 16.1. The molecule has 0 bridgehead atoms. The zero-order chi connectivity index (χ0) is 19.3. The lowest BCUT2D eigenvalue weighted by atomic mass is 9.97. The van der Waals surface area contributed by atoms with Gasteiger partial charge in [0.2, 0.25) is 0 Å². The van der Waals surface area contributed by atoms with Crippen LogP contribution in [-0.4, -0.2) is 43.2 Å². The quantitative estimate of drug-likeness (QED) is 0.580. The van der Waals surface area contributed by atoms with Crippen LogP contribution < -0.4 is 0 Å². The van der Waals surface area contributed by atoms with E-state index in [1.165, 1.54) is 5.56 Å². The normalized spacial score (nSPS) is 17.5. The molecule has 0 aliphatic carbocycles. The predicted octanol–water partition coefficient (Wildman–Crippen LogP) is 3.85. The maximum absolute atomic E-state index is 13.1. The number of carbonyl (C=O) groups excluding carboxylic acids is 1. The molecule has 0 spiro atoms. The van der Waals surface area contributed by atoms with Crippen LogP contribution in [0.1, 0.15) is 46.2 Å². The van der Waals surface area contributed by atoms with Crippen LogP contribution in [0, 0.1) is 13.8 Å². The molecule has 0 radical (unpaired) electrons. The average Bonchev–Trinajstić information content (AvgIpc) is 3.32. The lowest BCUT2D eigenvalue weighted by Crippen LogP contribution is -2.39. The number of aromatic amines is 1. The summed E-state index contributed by atoms with van der Waals surface area (Å²) in [4.78, 5) is 27.8. The Morgan fingerprint density at radius 1 is 1.14 bits per heavy atom. The van der Waals surface area contributed by atoms with Gasteiger partial charge in [0, 0.05) is 31.4 Å². The Morgan fingerprint density at radius 3 is 2.89 bits per heavy atom. The van der Waals surface area contributed by atoms with Gasteiger partial charge in [-0.3, -0.25) is 4.79 Å². The van der Waals surface area contributed by atoms with Crippen LogP contribution in [0.2, 0.25) is 0 Å². The Morgan fingerprint density at radius 2 is 2.04 bits per heavy atom. The first-order chi connectivity index (χ1) is 13.6. The van der Waals surface area contributed by atoms with Crippen LogP contribution in [0.3, 0.4) is 0 Å². The molecule has 4 heterocycles. The van der Waals surface area contributed by atoms with E-state index in [-0.39, 0.29) is 11.8 Å². The smallest absolute Gasteiger partial charge is 0.274 e. The number of aromatic nitrogens is 4. The standard InChI is InChI=1S/C22H23N5O/c1-14-8-9-19-23-18(13-27(19)11-14)22(28)26-10-4-6-16(12-26)21-24-17-7-3-5-15(2)20(17)25-21/h3,5,7-9,11,13,16H,4,6,10,12H2,1-2H3,(H,24,25)/t16-/m1/s1. The second-order valence-corrected chi connectivity index (χ2v) is 7.78. The van der Waals surface area contributed by atoms with Gasteiger partial charge in [0.15, 0.2) is 0 Å². The molecular weight excluding hydrogens is 350 g/mol. The van der Waals surface area contributed by atoms with E-state index in [9.17, 15) is 4.79 Å². The number of amides is 1. The Balaban J connectivity index is 1.40. The number of pyridine rings is 1. The molecule has 1 aromatic carbocycles. The monoisotopic (exact) mass is 373 g/mol. The Hall–Kier alpha value is -3.15. The highest BCUT2D eigenvalue weighted by Crippen LogP contribution is 2.28. The molecule has 28 heavy (non-hydrogen) atoms. The number of para-hydroxylation sites is 1. The fourth-order valence-electron chi connectivity index (χ4n) is 4.14. The summed E-state index contributed by atoms with van der Waals surface area (Å²) in [7, 11) is 0. The number of imidazole rings is 2. The number of carbonyl (C=O) groups is 1. The van der Waals surface area contributed by atoms with Gasteiger partial charge in [-0.15, -0.1) is 0 Å². The van der Waals surface area contributed by atoms with Gasteiger partial charge >= 0.3 is 0 Å². The highest BCUT2D eigenvalue weighted by Gasteiger charge is 2.28. The van der Waals surface area contributed by atoms with Crippen LogP contribution in [0.15, 0.2) is 42.7 Å². The van der Waals surface area contributed by atoms with Gasteiger partial charge in [0.1, 0.15) is 17.2 Å². The van der Waals surface area contributed by atoms with E-state index >= 15 is 0 Å². The van der Waals surface area contributed by atoms with Gasteiger partial charge in [-0.05, 0) is 49.9 Å². The Labute approximate surface area is 163 Å². The highest BCUT2D eigenvalue weighted by molar-refractivity contribution is 5.93. The molecule has 1 saturated heterocycles. The van der Waals surface area contributed by atoms with Gasteiger partial charge in [-0.1, -0.05) is 18.2 Å². The van der Waals surface area contributed by atoms with Crippen LogP contribution in [0.4, 0.5) is 0 Å². The zero-order valence-electron chi connectivity index (χ0n) is 16.1. The maximum atomic E-state index is 13.1. The molecule has 1 atom stereocenters. The number of likely N-dealkylation sites (tertiary alicyclic amines) is 1. The summed E-state index contributed by atoms with van der Waals surface area (Å²) in [5.74, 6) is 1.20. The summed E-state index contributed by atoms with van der Waals surface area (Å²) in [6, 6.07) is 10.1. The number of nitrogens with zero attached hydrogens (tertiary/aromatic N) is 4. The number of hydrogen-bond acceptors (Lipinski definition) is 3. The van der Waals surface area contributed by atoms with Crippen LogP contribution in [-0.2, 0) is 0 Å². The van der Waals surface area contributed by atoms with Gasteiger partial charge in [-0.25, -0.2) is 9.97 Å². The number of fused-ring (bicyclic) bond motifs is 2. The van der Waals surface area contributed by atoms with Crippen molar-refractivity contribution in [1.29, 1.82) is 0 Å². The van der Waals surface area contributed by atoms with Gasteiger partial charge < -0.3 is 14.3 Å². The molecule has 6 heteroatoms. The molecule has 1 amide bonds. The third kappa shape index (κ3) is 2.85. The number of rotatable bonds is 2. The molecule has 142 valence electrons.